The Morgan fingerprint density at radius 2 is 2.17 bits per heavy atom. The maximum absolute atomic E-state index is 13.4. The molecule has 0 aliphatic carbocycles. The van der Waals surface area contributed by atoms with E-state index in [-0.39, 0.29) is 29.2 Å². The second-order valence-electron chi connectivity index (χ2n) is 7.76. The van der Waals surface area contributed by atoms with Crippen molar-refractivity contribution in [2.75, 3.05) is 24.7 Å². The van der Waals surface area contributed by atoms with Crippen LogP contribution in [0.2, 0.25) is 0 Å². The number of rotatable bonds is 6. The van der Waals surface area contributed by atoms with Crippen molar-refractivity contribution in [3.8, 4) is 0 Å². The summed E-state index contributed by atoms with van der Waals surface area (Å²) >= 11 is 1.77. The molecule has 3 unspecified atom stereocenters. The molecule has 0 saturated carbocycles. The standard InChI is InChI=1S/C20H23N3O6S/c1-12(18(24)21(13-7-9-30-11-13)10-14-4-3-8-29-14)22-19(25)15-5-2-6-16(23(27)28)17(15)20(22)26/h2,5-6,12-14H,3-4,7-11H2,1H3. The quantitative estimate of drug-likeness (QED) is 0.384. The molecule has 3 amide bonds. The summed E-state index contributed by atoms with van der Waals surface area (Å²) < 4.78 is 5.71. The lowest BCUT2D eigenvalue weighted by Gasteiger charge is -2.34. The lowest BCUT2D eigenvalue weighted by atomic mass is 10.1. The molecule has 3 heterocycles. The zero-order valence-electron chi connectivity index (χ0n) is 16.6. The largest absolute Gasteiger partial charge is 0.376 e. The highest BCUT2D eigenvalue weighted by atomic mass is 32.2. The second kappa shape index (κ2) is 8.35. The molecular formula is C20H23N3O6S. The van der Waals surface area contributed by atoms with Crippen LogP contribution >= 0.6 is 11.8 Å². The number of nitro benzene ring substituents is 1. The maximum Gasteiger partial charge on any atom is 0.282 e. The maximum atomic E-state index is 13.4. The molecular weight excluding hydrogens is 410 g/mol. The van der Waals surface area contributed by atoms with Crippen LogP contribution in [0, 0.1) is 10.1 Å². The Balaban J connectivity index is 1.60. The first kappa shape index (κ1) is 20.8. The topological polar surface area (TPSA) is 110 Å². The SMILES string of the molecule is CC(C(=O)N(CC1CCCO1)C1CCSC1)N1C(=O)c2cccc([N+](=O)[O-])c2C1=O. The minimum atomic E-state index is -1.05. The number of nitro groups is 1. The van der Waals surface area contributed by atoms with E-state index >= 15 is 0 Å². The first-order chi connectivity index (χ1) is 14.4. The summed E-state index contributed by atoms with van der Waals surface area (Å²) in [7, 11) is 0. The van der Waals surface area contributed by atoms with Gasteiger partial charge in [-0.3, -0.25) is 29.4 Å². The number of amides is 3. The lowest BCUT2D eigenvalue weighted by Crippen LogP contribution is -2.54. The highest BCUT2D eigenvalue weighted by Crippen LogP contribution is 2.33. The third-order valence-electron chi connectivity index (χ3n) is 5.92. The van der Waals surface area contributed by atoms with Crippen LogP contribution in [0.5, 0.6) is 0 Å². The van der Waals surface area contributed by atoms with Gasteiger partial charge in [0.05, 0.1) is 16.6 Å². The van der Waals surface area contributed by atoms with Crippen LogP contribution in [0.25, 0.3) is 0 Å². The van der Waals surface area contributed by atoms with E-state index in [1.54, 1.807) is 16.7 Å². The Hall–Kier alpha value is -2.46. The predicted molar refractivity (Wildman–Crippen MR) is 109 cm³/mol. The molecule has 4 rings (SSSR count). The number of benzene rings is 1. The molecule has 3 atom stereocenters. The van der Waals surface area contributed by atoms with Gasteiger partial charge < -0.3 is 9.64 Å². The van der Waals surface area contributed by atoms with E-state index < -0.39 is 28.5 Å². The minimum Gasteiger partial charge on any atom is -0.376 e. The summed E-state index contributed by atoms with van der Waals surface area (Å²) in [4.78, 5) is 52.6. The molecule has 10 heteroatoms. The summed E-state index contributed by atoms with van der Waals surface area (Å²) in [6.07, 6.45) is 2.62. The van der Waals surface area contributed by atoms with Crippen molar-refractivity contribution in [1.29, 1.82) is 0 Å². The van der Waals surface area contributed by atoms with E-state index in [1.165, 1.54) is 25.1 Å². The first-order valence-electron chi connectivity index (χ1n) is 10.0. The van der Waals surface area contributed by atoms with E-state index in [1.807, 2.05) is 0 Å². The predicted octanol–water partition coefficient (Wildman–Crippen LogP) is 2.09. The molecule has 0 spiro atoms. The van der Waals surface area contributed by atoms with Gasteiger partial charge in [0.1, 0.15) is 11.6 Å². The number of nitrogens with zero attached hydrogens (tertiary/aromatic N) is 3. The minimum absolute atomic E-state index is 0.0265. The summed E-state index contributed by atoms with van der Waals surface area (Å²) in [6, 6.07) is 2.93. The molecule has 1 aromatic carbocycles. The summed E-state index contributed by atoms with van der Waals surface area (Å²) in [6.45, 7) is 2.61. The van der Waals surface area contributed by atoms with Gasteiger partial charge in [-0.15, -0.1) is 0 Å². The van der Waals surface area contributed by atoms with Crippen molar-refractivity contribution in [2.45, 2.75) is 44.4 Å². The lowest BCUT2D eigenvalue weighted by molar-refractivity contribution is -0.385. The smallest absolute Gasteiger partial charge is 0.282 e. The number of hydrogen-bond acceptors (Lipinski definition) is 7. The average molecular weight is 433 g/mol. The normalized spacial score (nSPS) is 24.2. The summed E-state index contributed by atoms with van der Waals surface area (Å²) in [5.41, 5.74) is -0.693. The van der Waals surface area contributed by atoms with Gasteiger partial charge in [-0.1, -0.05) is 6.07 Å². The third kappa shape index (κ3) is 3.58. The van der Waals surface area contributed by atoms with E-state index in [9.17, 15) is 24.5 Å². The van der Waals surface area contributed by atoms with Gasteiger partial charge in [-0.2, -0.15) is 11.8 Å². The number of thioether (sulfide) groups is 1. The second-order valence-corrected chi connectivity index (χ2v) is 8.91. The van der Waals surface area contributed by atoms with E-state index in [0.717, 1.165) is 35.7 Å². The number of imide groups is 1. The molecule has 3 aliphatic heterocycles. The Bertz CT molecular complexity index is 895. The van der Waals surface area contributed by atoms with Gasteiger partial charge in [0.2, 0.25) is 5.91 Å². The number of carbonyl (C=O) groups is 3. The Morgan fingerprint density at radius 1 is 1.37 bits per heavy atom. The molecule has 30 heavy (non-hydrogen) atoms. The fraction of sp³-hybridized carbons (Fsp3) is 0.550. The number of fused-ring (bicyclic) bond motifs is 1. The summed E-state index contributed by atoms with van der Waals surface area (Å²) in [5, 5.41) is 11.3. The van der Waals surface area contributed by atoms with Crippen molar-refractivity contribution in [3.63, 3.8) is 0 Å². The van der Waals surface area contributed by atoms with Gasteiger partial charge in [0.15, 0.2) is 0 Å². The Labute approximate surface area is 177 Å². The number of hydrogen-bond donors (Lipinski definition) is 0. The van der Waals surface area contributed by atoms with Crippen LogP contribution in [0.4, 0.5) is 5.69 Å². The van der Waals surface area contributed by atoms with Crippen LogP contribution < -0.4 is 0 Å². The molecule has 160 valence electrons. The van der Waals surface area contributed by atoms with Crippen molar-refractivity contribution in [1.82, 2.24) is 9.80 Å². The molecule has 1 aromatic rings. The zero-order chi connectivity index (χ0) is 21.4. The van der Waals surface area contributed by atoms with Gasteiger partial charge >= 0.3 is 0 Å². The fourth-order valence-electron chi connectivity index (χ4n) is 4.33. The molecule has 0 aromatic heterocycles. The van der Waals surface area contributed by atoms with Crippen molar-refractivity contribution >= 4 is 35.2 Å². The molecule has 2 saturated heterocycles. The van der Waals surface area contributed by atoms with Crippen LogP contribution in [0.3, 0.4) is 0 Å². The highest BCUT2D eigenvalue weighted by molar-refractivity contribution is 7.99. The van der Waals surface area contributed by atoms with E-state index in [0.29, 0.717) is 13.2 Å². The van der Waals surface area contributed by atoms with Crippen LogP contribution in [-0.2, 0) is 9.53 Å². The molecule has 0 bridgehead atoms. The Morgan fingerprint density at radius 3 is 2.80 bits per heavy atom. The molecule has 3 aliphatic rings. The molecule has 0 radical (unpaired) electrons. The molecule has 2 fully saturated rings. The summed E-state index contributed by atoms with van der Waals surface area (Å²) in [5.74, 6) is -0.0274. The Kier molecular flexibility index (Phi) is 5.79. The fourth-order valence-corrected chi connectivity index (χ4v) is 5.56. The molecule has 9 nitrogen and oxygen atoms in total. The third-order valence-corrected chi connectivity index (χ3v) is 7.06. The van der Waals surface area contributed by atoms with Crippen LogP contribution in [-0.4, -0.2) is 75.3 Å². The van der Waals surface area contributed by atoms with Gasteiger partial charge in [0, 0.05) is 31.0 Å². The monoisotopic (exact) mass is 433 g/mol. The van der Waals surface area contributed by atoms with Crippen LogP contribution in [0.1, 0.15) is 46.9 Å². The van der Waals surface area contributed by atoms with Crippen LogP contribution in [0.15, 0.2) is 18.2 Å². The number of carbonyl (C=O) groups excluding carboxylic acids is 3. The van der Waals surface area contributed by atoms with Gasteiger partial charge in [0.25, 0.3) is 17.5 Å². The highest BCUT2D eigenvalue weighted by Gasteiger charge is 2.46. The first-order valence-corrected chi connectivity index (χ1v) is 11.2. The van der Waals surface area contributed by atoms with Crippen molar-refractivity contribution < 1.29 is 24.0 Å². The number of ether oxygens (including phenoxy) is 1. The molecule has 0 N–H and O–H groups in total. The van der Waals surface area contributed by atoms with Gasteiger partial charge in [-0.05, 0) is 38.0 Å². The zero-order valence-corrected chi connectivity index (χ0v) is 17.4. The van der Waals surface area contributed by atoms with E-state index in [4.69, 9.17) is 4.74 Å². The van der Waals surface area contributed by atoms with Gasteiger partial charge in [-0.25, -0.2) is 0 Å². The van der Waals surface area contributed by atoms with Crippen molar-refractivity contribution in [3.05, 3.63) is 39.4 Å². The van der Waals surface area contributed by atoms with Crippen molar-refractivity contribution in [2.24, 2.45) is 0 Å². The average Bonchev–Trinajstić information content (AvgIpc) is 3.48. The van der Waals surface area contributed by atoms with E-state index in [2.05, 4.69) is 0 Å².